The minimum Gasteiger partial charge on any atom is -0.493 e. The lowest BCUT2D eigenvalue weighted by Gasteiger charge is -2.33. The summed E-state index contributed by atoms with van der Waals surface area (Å²) in [6.45, 7) is 2.08. The molecule has 0 N–H and O–H groups in total. The van der Waals surface area contributed by atoms with Gasteiger partial charge in [-0.15, -0.1) is 0 Å². The van der Waals surface area contributed by atoms with Gasteiger partial charge in [0.15, 0.2) is 11.5 Å². The van der Waals surface area contributed by atoms with Gasteiger partial charge in [0.25, 0.3) is 0 Å². The van der Waals surface area contributed by atoms with Crippen molar-refractivity contribution in [3.05, 3.63) is 60.2 Å². The fraction of sp³-hybridized carbons (Fsp3) is 0.350. The number of hydrogen-bond acceptors (Lipinski definition) is 4. The second-order valence-electron chi connectivity index (χ2n) is 5.86. The second-order valence-corrected chi connectivity index (χ2v) is 5.86. The summed E-state index contributed by atoms with van der Waals surface area (Å²) >= 11 is 0. The zero-order valence-corrected chi connectivity index (χ0v) is 14.4. The van der Waals surface area contributed by atoms with Gasteiger partial charge in [-0.3, -0.25) is 4.79 Å². The summed E-state index contributed by atoms with van der Waals surface area (Å²) in [7, 11) is 1.60. The van der Waals surface area contributed by atoms with Crippen molar-refractivity contribution in [3.8, 4) is 11.5 Å². The van der Waals surface area contributed by atoms with Gasteiger partial charge in [0.1, 0.15) is 6.10 Å². The van der Waals surface area contributed by atoms with Crippen LogP contribution in [-0.4, -0.2) is 44.2 Å². The van der Waals surface area contributed by atoms with E-state index in [1.807, 2.05) is 59.5 Å². The fourth-order valence-electron chi connectivity index (χ4n) is 2.89. The quantitative estimate of drug-likeness (QED) is 0.810. The van der Waals surface area contributed by atoms with E-state index < -0.39 is 0 Å². The van der Waals surface area contributed by atoms with E-state index in [0.29, 0.717) is 44.2 Å². The number of nitrogens with zero attached hydrogens (tertiary/aromatic N) is 1. The molecule has 0 aromatic heterocycles. The maximum Gasteiger partial charge on any atom is 0.226 e. The molecule has 5 nitrogen and oxygen atoms in total. The molecular weight excluding hydrogens is 318 g/mol. The summed E-state index contributed by atoms with van der Waals surface area (Å²) in [6, 6.07) is 17.5. The van der Waals surface area contributed by atoms with Crippen LogP contribution in [0.5, 0.6) is 11.5 Å². The van der Waals surface area contributed by atoms with Gasteiger partial charge >= 0.3 is 0 Å². The molecule has 0 spiro atoms. The molecule has 0 saturated carbocycles. The zero-order valence-electron chi connectivity index (χ0n) is 14.4. The van der Waals surface area contributed by atoms with Crippen molar-refractivity contribution < 1.29 is 19.0 Å². The number of ether oxygens (including phenoxy) is 3. The summed E-state index contributed by atoms with van der Waals surface area (Å²) in [6.07, 6.45) is 0.272. The smallest absolute Gasteiger partial charge is 0.226 e. The summed E-state index contributed by atoms with van der Waals surface area (Å²) < 4.78 is 16.7. The van der Waals surface area contributed by atoms with Crippen molar-refractivity contribution in [1.29, 1.82) is 0 Å². The first-order valence-electron chi connectivity index (χ1n) is 8.48. The lowest BCUT2D eigenvalue weighted by atomic mass is 10.1. The van der Waals surface area contributed by atoms with E-state index in [1.165, 1.54) is 0 Å². The Bertz CT molecular complexity index is 689. The Morgan fingerprint density at radius 2 is 1.84 bits per heavy atom. The van der Waals surface area contributed by atoms with E-state index in [-0.39, 0.29) is 12.0 Å². The number of carbonyl (C=O) groups is 1. The first kappa shape index (κ1) is 17.3. The normalized spacial score (nSPS) is 17.2. The van der Waals surface area contributed by atoms with Crippen molar-refractivity contribution in [1.82, 2.24) is 4.90 Å². The molecule has 0 aliphatic carbocycles. The molecule has 0 unspecified atom stereocenters. The maximum atomic E-state index is 12.5. The first-order valence-corrected chi connectivity index (χ1v) is 8.48. The predicted molar refractivity (Wildman–Crippen MR) is 94.8 cm³/mol. The molecular formula is C20H23NO4. The molecule has 132 valence electrons. The van der Waals surface area contributed by atoms with Crippen LogP contribution in [0, 0.1) is 0 Å². The Hall–Kier alpha value is -2.53. The number of para-hydroxylation sites is 2. The Morgan fingerprint density at radius 3 is 2.60 bits per heavy atom. The number of benzene rings is 2. The third kappa shape index (κ3) is 4.51. The lowest BCUT2D eigenvalue weighted by Crippen LogP contribution is -2.42. The largest absolute Gasteiger partial charge is 0.493 e. The van der Waals surface area contributed by atoms with E-state index in [9.17, 15) is 4.79 Å². The molecule has 3 rings (SSSR count). The number of rotatable bonds is 6. The van der Waals surface area contributed by atoms with E-state index >= 15 is 0 Å². The maximum absolute atomic E-state index is 12.5. The van der Waals surface area contributed by atoms with Crippen molar-refractivity contribution in [2.45, 2.75) is 12.5 Å². The summed E-state index contributed by atoms with van der Waals surface area (Å²) in [5.74, 6) is 1.41. The van der Waals surface area contributed by atoms with Crippen LogP contribution in [0.25, 0.3) is 0 Å². The van der Waals surface area contributed by atoms with Crippen LogP contribution >= 0.6 is 0 Å². The molecule has 0 bridgehead atoms. The van der Waals surface area contributed by atoms with E-state index in [0.717, 1.165) is 5.56 Å². The van der Waals surface area contributed by atoms with Gasteiger partial charge in [0.05, 0.1) is 33.3 Å². The van der Waals surface area contributed by atoms with Crippen LogP contribution in [0.2, 0.25) is 0 Å². The summed E-state index contributed by atoms with van der Waals surface area (Å²) in [5, 5.41) is 0. The van der Waals surface area contributed by atoms with E-state index in [2.05, 4.69) is 0 Å². The Labute approximate surface area is 148 Å². The highest BCUT2D eigenvalue weighted by Crippen LogP contribution is 2.26. The number of morpholine rings is 1. The Morgan fingerprint density at radius 1 is 1.12 bits per heavy atom. The molecule has 25 heavy (non-hydrogen) atoms. The Balaban J connectivity index is 1.51. The highest BCUT2D eigenvalue weighted by atomic mass is 16.5. The van der Waals surface area contributed by atoms with Crippen molar-refractivity contribution in [2.24, 2.45) is 0 Å². The summed E-state index contributed by atoms with van der Waals surface area (Å²) in [4.78, 5) is 14.3. The molecule has 1 aliphatic rings. The third-order valence-electron chi connectivity index (χ3n) is 4.23. The number of carbonyl (C=O) groups excluding carboxylic acids is 1. The average molecular weight is 341 g/mol. The molecule has 2 aromatic carbocycles. The Kier molecular flexibility index (Phi) is 5.90. The van der Waals surface area contributed by atoms with Gasteiger partial charge in [-0.1, -0.05) is 42.5 Å². The highest BCUT2D eigenvalue weighted by molar-refractivity contribution is 5.76. The highest BCUT2D eigenvalue weighted by Gasteiger charge is 2.25. The molecule has 1 saturated heterocycles. The molecule has 0 radical (unpaired) electrons. The number of methoxy groups -OCH3 is 1. The van der Waals surface area contributed by atoms with Crippen molar-refractivity contribution in [2.75, 3.05) is 33.4 Å². The molecule has 2 aromatic rings. The van der Waals surface area contributed by atoms with Gasteiger partial charge in [-0.25, -0.2) is 0 Å². The third-order valence-corrected chi connectivity index (χ3v) is 4.23. The molecule has 1 fully saturated rings. The van der Waals surface area contributed by atoms with Crippen LogP contribution in [0.3, 0.4) is 0 Å². The first-order chi connectivity index (χ1) is 12.3. The van der Waals surface area contributed by atoms with E-state index in [4.69, 9.17) is 14.2 Å². The van der Waals surface area contributed by atoms with Gasteiger partial charge in [0, 0.05) is 6.54 Å². The van der Waals surface area contributed by atoms with Gasteiger partial charge in [-0.2, -0.15) is 0 Å². The van der Waals surface area contributed by atoms with Crippen molar-refractivity contribution in [3.63, 3.8) is 0 Å². The number of amides is 1. The van der Waals surface area contributed by atoms with Crippen LogP contribution in [-0.2, 0) is 9.53 Å². The standard InChI is InChI=1S/C20H23NO4/c1-23-17-9-5-6-10-18(17)24-13-11-20(22)21-12-14-25-19(15-21)16-7-3-2-4-8-16/h2-10,19H,11-15H2,1H3/t19-/m1/s1. The number of hydrogen-bond donors (Lipinski definition) is 0. The monoisotopic (exact) mass is 341 g/mol. The van der Waals surface area contributed by atoms with Crippen LogP contribution in [0.15, 0.2) is 54.6 Å². The minimum absolute atomic E-state index is 0.0611. The van der Waals surface area contributed by atoms with Gasteiger partial charge < -0.3 is 19.1 Å². The SMILES string of the molecule is COc1ccccc1OCCC(=O)N1CCO[C@@H](c2ccccc2)C1. The topological polar surface area (TPSA) is 48.0 Å². The molecule has 1 amide bonds. The van der Waals surface area contributed by atoms with Crippen LogP contribution in [0.4, 0.5) is 0 Å². The van der Waals surface area contributed by atoms with E-state index in [1.54, 1.807) is 7.11 Å². The summed E-state index contributed by atoms with van der Waals surface area (Å²) in [5.41, 5.74) is 1.10. The molecule has 1 aliphatic heterocycles. The average Bonchev–Trinajstić information content (AvgIpc) is 2.69. The fourth-order valence-corrected chi connectivity index (χ4v) is 2.89. The molecule has 5 heteroatoms. The van der Waals surface area contributed by atoms with Gasteiger partial charge in [0.2, 0.25) is 5.91 Å². The predicted octanol–water partition coefficient (Wildman–Crippen LogP) is 3.06. The lowest BCUT2D eigenvalue weighted by molar-refractivity contribution is -0.139. The minimum atomic E-state index is -0.0611. The zero-order chi connectivity index (χ0) is 17.5. The van der Waals surface area contributed by atoms with Gasteiger partial charge in [-0.05, 0) is 17.7 Å². The second kappa shape index (κ2) is 8.53. The molecule has 1 heterocycles. The molecule has 1 atom stereocenters. The van der Waals surface area contributed by atoms with Crippen molar-refractivity contribution >= 4 is 5.91 Å². The van der Waals surface area contributed by atoms with Crippen LogP contribution in [0.1, 0.15) is 18.1 Å². The van der Waals surface area contributed by atoms with Crippen LogP contribution < -0.4 is 9.47 Å².